The van der Waals surface area contributed by atoms with Crippen LogP contribution in [-0.4, -0.2) is 12.6 Å². The Bertz CT molecular complexity index is 367. The maximum absolute atomic E-state index is 11.1. The van der Waals surface area contributed by atoms with E-state index in [-0.39, 0.29) is 0 Å². The third-order valence-corrected chi connectivity index (χ3v) is 1.94. The minimum absolute atomic E-state index is 0.358. The van der Waals surface area contributed by atoms with Gasteiger partial charge in [0.25, 0.3) is 0 Å². The van der Waals surface area contributed by atoms with Crippen molar-refractivity contribution in [2.45, 2.75) is 41.5 Å². The number of carbonyl (C=O) groups excluding carboxylic acids is 1. The number of hydrogen-bond donors (Lipinski definition) is 1. The van der Waals surface area contributed by atoms with E-state index in [0.717, 1.165) is 11.1 Å². The van der Waals surface area contributed by atoms with Crippen molar-refractivity contribution in [2.75, 3.05) is 6.61 Å². The third-order valence-electron chi connectivity index (χ3n) is 1.94. The van der Waals surface area contributed by atoms with Gasteiger partial charge in [0, 0.05) is 11.8 Å². The smallest absolute Gasteiger partial charge is 0.332 e. The number of aryl methyl sites for hydroxylation is 1. The predicted molar refractivity (Wildman–Crippen MR) is 82.7 cm³/mol. The van der Waals surface area contributed by atoms with Crippen LogP contribution in [0.5, 0.6) is 0 Å². The van der Waals surface area contributed by atoms with E-state index in [1.54, 1.807) is 6.92 Å². The highest BCUT2D eigenvalue weighted by Crippen LogP contribution is 2.10. The summed E-state index contributed by atoms with van der Waals surface area (Å²) in [5.41, 5.74) is 8.14. The molecule has 1 aromatic carbocycles. The van der Waals surface area contributed by atoms with Crippen molar-refractivity contribution < 1.29 is 9.53 Å². The lowest BCUT2D eigenvalue weighted by atomic mass is 10.1. The van der Waals surface area contributed by atoms with Crippen LogP contribution in [0.3, 0.4) is 0 Å². The summed E-state index contributed by atoms with van der Waals surface area (Å²) in [6, 6.07) is 7.64. The Morgan fingerprint density at radius 3 is 2.05 bits per heavy atom. The van der Waals surface area contributed by atoms with Crippen molar-refractivity contribution in [3.63, 3.8) is 0 Å². The quantitative estimate of drug-likeness (QED) is 0.666. The van der Waals surface area contributed by atoms with Gasteiger partial charge in [0.2, 0.25) is 0 Å². The normalized spacial score (nSPS) is 9.47. The van der Waals surface area contributed by atoms with Gasteiger partial charge in [-0.05, 0) is 19.4 Å². The Morgan fingerprint density at radius 2 is 1.63 bits per heavy atom. The van der Waals surface area contributed by atoms with Gasteiger partial charge in [0.05, 0.1) is 6.61 Å². The number of hydrogen-bond acceptors (Lipinski definition) is 3. The van der Waals surface area contributed by atoms with E-state index in [0.29, 0.717) is 12.3 Å². The van der Waals surface area contributed by atoms with Gasteiger partial charge in [-0.15, -0.1) is 0 Å². The van der Waals surface area contributed by atoms with Crippen LogP contribution in [0.15, 0.2) is 30.3 Å². The molecule has 0 bridgehead atoms. The van der Waals surface area contributed by atoms with E-state index < -0.39 is 5.97 Å². The Labute approximate surface area is 117 Å². The Morgan fingerprint density at radius 1 is 1.16 bits per heavy atom. The van der Waals surface area contributed by atoms with E-state index in [1.165, 1.54) is 6.08 Å². The molecule has 1 aromatic rings. The molecule has 0 heterocycles. The molecule has 1 rings (SSSR count). The molecule has 0 amide bonds. The zero-order valence-electron chi connectivity index (χ0n) is 13.0. The molecule has 0 spiro atoms. The first-order valence-electron chi connectivity index (χ1n) is 6.84. The molecule has 0 aliphatic rings. The molecule has 0 aromatic heterocycles. The van der Waals surface area contributed by atoms with E-state index >= 15 is 0 Å². The fraction of sp³-hybridized carbons (Fsp3) is 0.438. The average molecular weight is 265 g/mol. The average Bonchev–Trinajstić information content (AvgIpc) is 2.44. The topological polar surface area (TPSA) is 52.3 Å². The van der Waals surface area contributed by atoms with E-state index in [1.807, 2.05) is 58.9 Å². The number of carbonyl (C=O) groups is 1. The summed E-state index contributed by atoms with van der Waals surface area (Å²) in [4.78, 5) is 11.1. The van der Waals surface area contributed by atoms with Gasteiger partial charge in [0.15, 0.2) is 0 Å². The summed E-state index contributed by atoms with van der Waals surface area (Å²) in [6.45, 7) is 12.1. The molecule has 0 saturated carbocycles. The number of benzene rings is 1. The SMILES string of the molecule is CC.CC.CCOC(=O)/C=C(/N)c1ccc(C)cc1. The number of nitrogens with two attached hydrogens (primary N) is 1. The van der Waals surface area contributed by atoms with Crippen molar-refractivity contribution in [1.29, 1.82) is 0 Å². The van der Waals surface area contributed by atoms with Gasteiger partial charge in [0.1, 0.15) is 0 Å². The molecule has 19 heavy (non-hydrogen) atoms. The lowest BCUT2D eigenvalue weighted by Gasteiger charge is -2.02. The first kappa shape index (κ1) is 19.6. The fourth-order valence-electron chi connectivity index (χ4n) is 1.14. The number of esters is 1. The van der Waals surface area contributed by atoms with Crippen LogP contribution in [0.25, 0.3) is 5.70 Å². The maximum atomic E-state index is 11.1. The van der Waals surface area contributed by atoms with Crippen LogP contribution in [0.2, 0.25) is 0 Å². The summed E-state index contributed by atoms with van der Waals surface area (Å²) in [5, 5.41) is 0. The predicted octanol–water partition coefficient (Wildman–Crippen LogP) is 3.91. The second kappa shape index (κ2) is 12.7. The molecule has 0 saturated heterocycles. The van der Waals surface area contributed by atoms with Crippen molar-refractivity contribution in [1.82, 2.24) is 0 Å². The Kier molecular flexibility index (Phi) is 13.1. The van der Waals surface area contributed by atoms with Gasteiger partial charge in [-0.25, -0.2) is 4.79 Å². The van der Waals surface area contributed by atoms with Gasteiger partial charge >= 0.3 is 5.97 Å². The molecule has 0 atom stereocenters. The fourth-order valence-corrected chi connectivity index (χ4v) is 1.14. The summed E-state index contributed by atoms with van der Waals surface area (Å²) in [7, 11) is 0. The van der Waals surface area contributed by atoms with Crippen LogP contribution >= 0.6 is 0 Å². The first-order valence-corrected chi connectivity index (χ1v) is 6.84. The highest BCUT2D eigenvalue weighted by molar-refractivity contribution is 5.90. The van der Waals surface area contributed by atoms with Crippen molar-refractivity contribution >= 4 is 11.7 Å². The van der Waals surface area contributed by atoms with E-state index in [4.69, 9.17) is 10.5 Å². The second-order valence-corrected chi connectivity index (χ2v) is 3.22. The monoisotopic (exact) mass is 265 g/mol. The molecule has 0 aliphatic carbocycles. The zero-order chi connectivity index (χ0) is 15.3. The molecular formula is C16H27NO2. The van der Waals surface area contributed by atoms with Crippen molar-refractivity contribution in [3.8, 4) is 0 Å². The molecule has 0 unspecified atom stereocenters. The molecule has 0 radical (unpaired) electrons. The summed E-state index contributed by atoms with van der Waals surface area (Å²) < 4.78 is 4.76. The maximum Gasteiger partial charge on any atom is 0.332 e. The molecular weight excluding hydrogens is 238 g/mol. The lowest BCUT2D eigenvalue weighted by Crippen LogP contribution is -2.05. The number of rotatable bonds is 3. The van der Waals surface area contributed by atoms with Crippen molar-refractivity contribution in [3.05, 3.63) is 41.5 Å². The summed E-state index contributed by atoms with van der Waals surface area (Å²) in [6.07, 6.45) is 1.30. The molecule has 2 N–H and O–H groups in total. The van der Waals surface area contributed by atoms with E-state index in [2.05, 4.69) is 0 Å². The largest absolute Gasteiger partial charge is 0.463 e. The van der Waals surface area contributed by atoms with Gasteiger partial charge in [-0.1, -0.05) is 57.5 Å². The molecule has 0 fully saturated rings. The highest BCUT2D eigenvalue weighted by Gasteiger charge is 2.00. The molecule has 0 aliphatic heterocycles. The Hall–Kier alpha value is -1.77. The van der Waals surface area contributed by atoms with Gasteiger partial charge in [-0.2, -0.15) is 0 Å². The number of ether oxygens (including phenoxy) is 1. The molecule has 3 nitrogen and oxygen atoms in total. The van der Waals surface area contributed by atoms with E-state index in [9.17, 15) is 4.79 Å². The molecule has 3 heteroatoms. The van der Waals surface area contributed by atoms with Gasteiger partial charge in [-0.3, -0.25) is 0 Å². The van der Waals surface area contributed by atoms with Crippen LogP contribution in [0.4, 0.5) is 0 Å². The Balaban J connectivity index is 0. The van der Waals surface area contributed by atoms with Crippen LogP contribution < -0.4 is 5.73 Å². The van der Waals surface area contributed by atoms with Crippen LogP contribution in [0.1, 0.15) is 45.7 Å². The zero-order valence-corrected chi connectivity index (χ0v) is 13.0. The molecule has 108 valence electrons. The van der Waals surface area contributed by atoms with Crippen molar-refractivity contribution in [2.24, 2.45) is 5.73 Å². The first-order chi connectivity index (χ1) is 9.13. The summed E-state index contributed by atoms with van der Waals surface area (Å²) >= 11 is 0. The third kappa shape index (κ3) is 8.89. The minimum Gasteiger partial charge on any atom is -0.463 e. The highest BCUT2D eigenvalue weighted by atomic mass is 16.5. The minimum atomic E-state index is -0.407. The van der Waals surface area contributed by atoms with Gasteiger partial charge < -0.3 is 10.5 Å². The second-order valence-electron chi connectivity index (χ2n) is 3.22. The van der Waals surface area contributed by atoms with Crippen LogP contribution in [-0.2, 0) is 9.53 Å². The lowest BCUT2D eigenvalue weighted by molar-refractivity contribution is -0.137. The summed E-state index contributed by atoms with van der Waals surface area (Å²) in [5.74, 6) is -0.407. The standard InChI is InChI=1S/C12H15NO2.2C2H6/c1-3-15-12(14)8-11(13)10-6-4-9(2)5-7-10;2*1-2/h4-8H,3,13H2,1-2H3;2*1-2H3/b11-8+;;. The van der Waals surface area contributed by atoms with Crippen LogP contribution in [0, 0.1) is 6.92 Å².